The van der Waals surface area contributed by atoms with Crippen LogP contribution in [0, 0.1) is 11.8 Å². The van der Waals surface area contributed by atoms with Crippen LogP contribution in [-0.2, 0) is 9.53 Å². The standard InChI is InChI=1S/C21H28N4O2/c1-2-22-21(25-11-15-16(12-25)19-8-7-18(15)27-19)23-10-9-14-13-5-3-4-6-17(13)24-20(14)26/h3-6,14-16,18-19H,2,7-12H2,1H3,(H,22,23)(H,24,26). The van der Waals surface area contributed by atoms with Gasteiger partial charge in [-0.3, -0.25) is 9.79 Å². The summed E-state index contributed by atoms with van der Waals surface area (Å²) in [4.78, 5) is 19.6. The van der Waals surface area contributed by atoms with Gasteiger partial charge in [0.05, 0.1) is 18.1 Å². The van der Waals surface area contributed by atoms with Gasteiger partial charge in [-0.15, -0.1) is 0 Å². The van der Waals surface area contributed by atoms with Crippen LogP contribution in [0.4, 0.5) is 5.69 Å². The van der Waals surface area contributed by atoms with E-state index in [2.05, 4.69) is 22.5 Å². The molecule has 144 valence electrons. The minimum absolute atomic E-state index is 0.0879. The number of carbonyl (C=O) groups excluding carboxylic acids is 1. The molecular formula is C21H28N4O2. The number of benzene rings is 1. The van der Waals surface area contributed by atoms with E-state index in [0.29, 0.717) is 30.6 Å². The number of rotatable bonds is 4. The van der Waals surface area contributed by atoms with Crippen LogP contribution in [0.2, 0.25) is 0 Å². The predicted molar refractivity (Wildman–Crippen MR) is 105 cm³/mol. The van der Waals surface area contributed by atoms with Gasteiger partial charge in [0.1, 0.15) is 0 Å². The number of nitrogens with one attached hydrogen (secondary N) is 2. The van der Waals surface area contributed by atoms with Gasteiger partial charge in [0.15, 0.2) is 5.96 Å². The van der Waals surface area contributed by atoms with E-state index in [1.807, 2.05) is 24.3 Å². The van der Waals surface area contributed by atoms with Crippen molar-refractivity contribution in [2.45, 2.75) is 44.3 Å². The molecule has 5 unspecified atom stereocenters. The van der Waals surface area contributed by atoms with E-state index in [4.69, 9.17) is 9.73 Å². The minimum Gasteiger partial charge on any atom is -0.374 e. The normalized spacial score (nSPS) is 34.0. The molecule has 0 spiro atoms. The van der Waals surface area contributed by atoms with E-state index in [9.17, 15) is 4.79 Å². The second-order valence-corrected chi connectivity index (χ2v) is 8.18. The first kappa shape index (κ1) is 17.0. The van der Waals surface area contributed by atoms with Crippen molar-refractivity contribution in [3.8, 4) is 0 Å². The molecule has 4 aliphatic rings. The Hall–Kier alpha value is -2.08. The number of fused-ring (bicyclic) bond motifs is 6. The van der Waals surface area contributed by atoms with Gasteiger partial charge in [-0.25, -0.2) is 0 Å². The average Bonchev–Trinajstić information content (AvgIpc) is 3.42. The van der Waals surface area contributed by atoms with Crippen molar-refractivity contribution in [2.75, 3.05) is 31.5 Å². The number of ether oxygens (including phenoxy) is 1. The zero-order valence-electron chi connectivity index (χ0n) is 15.9. The van der Waals surface area contributed by atoms with Crippen LogP contribution in [-0.4, -0.2) is 55.2 Å². The number of carbonyl (C=O) groups is 1. The fourth-order valence-corrected chi connectivity index (χ4v) is 5.42. The smallest absolute Gasteiger partial charge is 0.232 e. The van der Waals surface area contributed by atoms with Gasteiger partial charge in [-0.05, 0) is 37.8 Å². The summed E-state index contributed by atoms with van der Waals surface area (Å²) in [6, 6.07) is 7.98. The number of hydrogen-bond acceptors (Lipinski definition) is 3. The first-order chi connectivity index (χ1) is 13.2. The zero-order chi connectivity index (χ0) is 18.4. The Bertz CT molecular complexity index is 746. The number of para-hydroxylation sites is 1. The van der Waals surface area contributed by atoms with Gasteiger partial charge in [0, 0.05) is 43.7 Å². The molecule has 27 heavy (non-hydrogen) atoms. The Morgan fingerprint density at radius 2 is 2.00 bits per heavy atom. The van der Waals surface area contributed by atoms with Crippen molar-refractivity contribution in [1.29, 1.82) is 0 Å². The van der Waals surface area contributed by atoms with E-state index >= 15 is 0 Å². The topological polar surface area (TPSA) is 66.0 Å². The second kappa shape index (κ2) is 6.82. The molecule has 1 aromatic rings. The highest BCUT2D eigenvalue weighted by Gasteiger charge is 2.53. The molecule has 0 radical (unpaired) electrons. The Labute approximate surface area is 160 Å². The highest BCUT2D eigenvalue weighted by Crippen LogP contribution is 2.47. The lowest BCUT2D eigenvalue weighted by atomic mass is 9.82. The number of amides is 1. The van der Waals surface area contributed by atoms with Crippen molar-refractivity contribution in [3.63, 3.8) is 0 Å². The largest absolute Gasteiger partial charge is 0.374 e. The summed E-state index contributed by atoms with van der Waals surface area (Å²) in [5.74, 6) is 2.34. The van der Waals surface area contributed by atoms with Crippen molar-refractivity contribution in [1.82, 2.24) is 10.2 Å². The van der Waals surface area contributed by atoms with Gasteiger partial charge in [-0.2, -0.15) is 0 Å². The summed E-state index contributed by atoms with van der Waals surface area (Å²) in [6.45, 7) is 5.72. The molecule has 5 rings (SSSR count). The average molecular weight is 368 g/mol. The van der Waals surface area contributed by atoms with Gasteiger partial charge in [0.2, 0.25) is 5.91 Å². The monoisotopic (exact) mass is 368 g/mol. The van der Waals surface area contributed by atoms with Gasteiger partial charge < -0.3 is 20.3 Å². The lowest BCUT2D eigenvalue weighted by Gasteiger charge is -2.23. The SMILES string of the molecule is CCNC(=NCCC1C(=O)Nc2ccccc21)N1CC2C3CCC(O3)C2C1. The fourth-order valence-electron chi connectivity index (χ4n) is 5.42. The molecule has 4 heterocycles. The first-order valence-electron chi connectivity index (χ1n) is 10.3. The van der Waals surface area contributed by atoms with Crippen molar-refractivity contribution in [3.05, 3.63) is 29.8 Å². The number of nitrogens with zero attached hydrogens (tertiary/aromatic N) is 2. The van der Waals surface area contributed by atoms with Crippen LogP contribution >= 0.6 is 0 Å². The van der Waals surface area contributed by atoms with E-state index in [1.165, 1.54) is 12.8 Å². The summed E-state index contributed by atoms with van der Waals surface area (Å²) < 4.78 is 6.09. The van der Waals surface area contributed by atoms with Crippen molar-refractivity contribution < 1.29 is 9.53 Å². The third-order valence-corrected chi connectivity index (χ3v) is 6.68. The van der Waals surface area contributed by atoms with Crippen molar-refractivity contribution in [2.24, 2.45) is 16.8 Å². The van der Waals surface area contributed by atoms with E-state index < -0.39 is 0 Å². The Balaban J connectivity index is 1.25. The number of anilines is 1. The lowest BCUT2D eigenvalue weighted by Crippen LogP contribution is -2.41. The van der Waals surface area contributed by atoms with E-state index in [0.717, 1.165) is 43.3 Å². The number of guanidine groups is 1. The molecule has 6 heteroatoms. The maximum absolute atomic E-state index is 12.3. The summed E-state index contributed by atoms with van der Waals surface area (Å²) in [6.07, 6.45) is 4.12. The highest BCUT2D eigenvalue weighted by atomic mass is 16.5. The molecule has 4 aliphatic heterocycles. The molecular weight excluding hydrogens is 340 g/mol. The third kappa shape index (κ3) is 2.90. The van der Waals surface area contributed by atoms with E-state index in [1.54, 1.807) is 0 Å². The molecule has 2 bridgehead atoms. The molecule has 5 atom stereocenters. The molecule has 0 saturated carbocycles. The van der Waals surface area contributed by atoms with Crippen LogP contribution in [0.1, 0.15) is 37.7 Å². The Morgan fingerprint density at radius 1 is 1.26 bits per heavy atom. The highest BCUT2D eigenvalue weighted by molar-refractivity contribution is 6.02. The molecule has 1 aromatic carbocycles. The molecule has 0 aliphatic carbocycles. The molecule has 1 amide bonds. The van der Waals surface area contributed by atoms with Crippen LogP contribution in [0.15, 0.2) is 29.3 Å². The summed E-state index contributed by atoms with van der Waals surface area (Å²) >= 11 is 0. The summed E-state index contributed by atoms with van der Waals surface area (Å²) in [5.41, 5.74) is 2.05. The second-order valence-electron chi connectivity index (χ2n) is 8.18. The fraction of sp³-hybridized carbons (Fsp3) is 0.619. The number of likely N-dealkylation sites (tertiary alicyclic amines) is 1. The van der Waals surface area contributed by atoms with E-state index in [-0.39, 0.29) is 11.8 Å². The number of hydrogen-bond donors (Lipinski definition) is 2. The quantitative estimate of drug-likeness (QED) is 0.632. The van der Waals surface area contributed by atoms with Gasteiger partial charge >= 0.3 is 0 Å². The third-order valence-electron chi connectivity index (χ3n) is 6.68. The molecule has 0 aromatic heterocycles. The molecule has 3 saturated heterocycles. The van der Waals surface area contributed by atoms with Crippen LogP contribution < -0.4 is 10.6 Å². The first-order valence-corrected chi connectivity index (χ1v) is 10.3. The zero-order valence-corrected chi connectivity index (χ0v) is 15.9. The molecule has 2 N–H and O–H groups in total. The minimum atomic E-state index is -0.0879. The maximum atomic E-state index is 12.3. The van der Waals surface area contributed by atoms with Crippen LogP contribution in [0.25, 0.3) is 0 Å². The van der Waals surface area contributed by atoms with Crippen LogP contribution in [0.5, 0.6) is 0 Å². The predicted octanol–water partition coefficient (Wildman–Crippen LogP) is 2.19. The molecule has 3 fully saturated rings. The van der Waals surface area contributed by atoms with Crippen LogP contribution in [0.3, 0.4) is 0 Å². The maximum Gasteiger partial charge on any atom is 0.232 e. The van der Waals surface area contributed by atoms with Crippen molar-refractivity contribution >= 4 is 17.6 Å². The van der Waals surface area contributed by atoms with Gasteiger partial charge in [-0.1, -0.05) is 18.2 Å². The van der Waals surface area contributed by atoms with Gasteiger partial charge in [0.25, 0.3) is 0 Å². The Morgan fingerprint density at radius 3 is 2.74 bits per heavy atom. The number of aliphatic imine (C=N–C) groups is 1. The lowest BCUT2D eigenvalue weighted by molar-refractivity contribution is -0.117. The summed E-state index contributed by atoms with van der Waals surface area (Å²) in [7, 11) is 0. The Kier molecular flexibility index (Phi) is 4.31. The molecule has 6 nitrogen and oxygen atoms in total. The summed E-state index contributed by atoms with van der Waals surface area (Å²) in [5, 5.41) is 6.44.